The normalized spacial score (nSPS) is 20.7. The first-order valence-corrected chi connectivity index (χ1v) is 8.69. The van der Waals surface area contributed by atoms with Crippen LogP contribution in [0.3, 0.4) is 0 Å². The number of pyridine rings is 1. The number of hydrogen-bond donors (Lipinski definition) is 0. The van der Waals surface area contributed by atoms with Gasteiger partial charge in [0.05, 0.1) is 18.8 Å². The molecule has 2 aromatic rings. The lowest BCUT2D eigenvalue weighted by atomic mass is 10.0. The number of rotatable bonds is 4. The van der Waals surface area contributed by atoms with Crippen LogP contribution in [0.5, 0.6) is 5.75 Å². The minimum atomic E-state index is 0.439. The standard InChI is InChI=1S/C20H24N2O/c1-23-20-13-16-7-4-6-15(16)12-17(20)14-22-11-5-9-19(22)18-8-2-3-10-21-18/h2-3,8,10,12-13,19H,4-7,9,11,14H2,1H3. The molecule has 0 amide bonds. The summed E-state index contributed by atoms with van der Waals surface area (Å²) in [6, 6.07) is 11.3. The Bertz CT molecular complexity index is 684. The van der Waals surface area contributed by atoms with Crippen molar-refractivity contribution >= 4 is 0 Å². The number of methoxy groups -OCH3 is 1. The Morgan fingerprint density at radius 3 is 2.83 bits per heavy atom. The predicted molar refractivity (Wildman–Crippen MR) is 91.6 cm³/mol. The Hall–Kier alpha value is -1.87. The highest BCUT2D eigenvalue weighted by Crippen LogP contribution is 2.35. The summed E-state index contributed by atoms with van der Waals surface area (Å²) in [4.78, 5) is 7.14. The largest absolute Gasteiger partial charge is 0.496 e. The maximum absolute atomic E-state index is 5.68. The zero-order chi connectivity index (χ0) is 15.6. The van der Waals surface area contributed by atoms with Crippen molar-refractivity contribution < 1.29 is 4.74 Å². The van der Waals surface area contributed by atoms with E-state index in [4.69, 9.17) is 4.74 Å². The molecule has 0 bridgehead atoms. The molecular formula is C20H24N2O. The molecule has 2 heterocycles. The number of likely N-dealkylation sites (tertiary alicyclic amines) is 1. The molecule has 0 N–H and O–H groups in total. The van der Waals surface area contributed by atoms with Gasteiger partial charge in [-0.25, -0.2) is 0 Å². The lowest BCUT2D eigenvalue weighted by Gasteiger charge is -2.25. The number of nitrogens with zero attached hydrogens (tertiary/aromatic N) is 2. The minimum absolute atomic E-state index is 0.439. The van der Waals surface area contributed by atoms with Gasteiger partial charge in [-0.15, -0.1) is 0 Å². The van der Waals surface area contributed by atoms with E-state index in [1.54, 1.807) is 7.11 Å². The van der Waals surface area contributed by atoms with Gasteiger partial charge in [0.15, 0.2) is 0 Å². The fraction of sp³-hybridized carbons (Fsp3) is 0.450. The average molecular weight is 308 g/mol. The third kappa shape index (κ3) is 2.86. The van der Waals surface area contributed by atoms with Crippen molar-refractivity contribution in [3.63, 3.8) is 0 Å². The molecule has 120 valence electrons. The third-order valence-electron chi connectivity index (χ3n) is 5.26. The van der Waals surface area contributed by atoms with E-state index in [1.807, 2.05) is 12.3 Å². The molecule has 2 aliphatic rings. The Morgan fingerprint density at radius 2 is 2.04 bits per heavy atom. The van der Waals surface area contributed by atoms with Gasteiger partial charge in [-0.3, -0.25) is 9.88 Å². The Labute approximate surface area is 138 Å². The van der Waals surface area contributed by atoms with Gasteiger partial charge in [-0.2, -0.15) is 0 Å². The maximum Gasteiger partial charge on any atom is 0.123 e. The molecule has 1 aliphatic heterocycles. The van der Waals surface area contributed by atoms with Crippen molar-refractivity contribution in [2.75, 3.05) is 13.7 Å². The van der Waals surface area contributed by atoms with E-state index in [-0.39, 0.29) is 0 Å². The summed E-state index contributed by atoms with van der Waals surface area (Å²) in [6.07, 6.45) is 8.05. The topological polar surface area (TPSA) is 25.4 Å². The van der Waals surface area contributed by atoms with Gasteiger partial charge in [0, 0.05) is 18.3 Å². The fourth-order valence-electron chi connectivity index (χ4n) is 4.11. The van der Waals surface area contributed by atoms with Crippen LogP contribution in [0.1, 0.15) is 47.7 Å². The van der Waals surface area contributed by atoms with Crippen LogP contribution in [0.4, 0.5) is 0 Å². The molecule has 4 rings (SSSR count). The molecule has 1 saturated heterocycles. The molecular weight excluding hydrogens is 284 g/mol. The highest BCUT2D eigenvalue weighted by molar-refractivity contribution is 5.45. The number of aryl methyl sites for hydroxylation is 2. The van der Waals surface area contributed by atoms with Crippen LogP contribution < -0.4 is 4.74 Å². The molecule has 1 aliphatic carbocycles. The summed E-state index contributed by atoms with van der Waals surface area (Å²) in [5, 5.41) is 0. The molecule has 0 radical (unpaired) electrons. The molecule has 3 nitrogen and oxygen atoms in total. The summed E-state index contributed by atoms with van der Waals surface area (Å²) in [6.45, 7) is 2.10. The van der Waals surface area contributed by atoms with Crippen LogP contribution in [0.15, 0.2) is 36.5 Å². The number of hydrogen-bond acceptors (Lipinski definition) is 3. The molecule has 0 saturated carbocycles. The number of fused-ring (bicyclic) bond motifs is 1. The van der Waals surface area contributed by atoms with E-state index in [9.17, 15) is 0 Å². The zero-order valence-corrected chi connectivity index (χ0v) is 13.8. The second kappa shape index (κ2) is 6.32. The first kappa shape index (κ1) is 14.7. The first-order chi connectivity index (χ1) is 11.3. The molecule has 1 atom stereocenters. The number of aromatic nitrogens is 1. The molecule has 1 aromatic heterocycles. The van der Waals surface area contributed by atoms with E-state index in [1.165, 1.54) is 54.5 Å². The molecule has 23 heavy (non-hydrogen) atoms. The zero-order valence-electron chi connectivity index (χ0n) is 13.8. The summed E-state index contributed by atoms with van der Waals surface area (Å²) in [5.41, 5.74) is 5.53. The van der Waals surface area contributed by atoms with Gasteiger partial charge in [0.25, 0.3) is 0 Å². The van der Waals surface area contributed by atoms with Crippen LogP contribution >= 0.6 is 0 Å². The molecule has 1 aromatic carbocycles. The van der Waals surface area contributed by atoms with Crippen molar-refractivity contribution in [2.24, 2.45) is 0 Å². The highest BCUT2D eigenvalue weighted by Gasteiger charge is 2.28. The van der Waals surface area contributed by atoms with Gasteiger partial charge in [-0.05, 0) is 68.0 Å². The van der Waals surface area contributed by atoms with Crippen molar-refractivity contribution in [1.82, 2.24) is 9.88 Å². The second-order valence-electron chi connectivity index (χ2n) is 6.67. The minimum Gasteiger partial charge on any atom is -0.496 e. The molecule has 3 heteroatoms. The Balaban J connectivity index is 1.60. The van der Waals surface area contributed by atoms with Crippen molar-refractivity contribution in [3.05, 3.63) is 58.9 Å². The second-order valence-corrected chi connectivity index (χ2v) is 6.67. The van der Waals surface area contributed by atoms with Gasteiger partial charge in [0.2, 0.25) is 0 Å². The van der Waals surface area contributed by atoms with Crippen molar-refractivity contribution in [3.8, 4) is 5.75 Å². The van der Waals surface area contributed by atoms with Crippen LogP contribution in [0.2, 0.25) is 0 Å². The monoisotopic (exact) mass is 308 g/mol. The van der Waals surface area contributed by atoms with E-state index >= 15 is 0 Å². The van der Waals surface area contributed by atoms with E-state index in [0.29, 0.717) is 6.04 Å². The lowest BCUT2D eigenvalue weighted by Crippen LogP contribution is -2.23. The first-order valence-electron chi connectivity index (χ1n) is 8.69. The van der Waals surface area contributed by atoms with Gasteiger partial charge in [-0.1, -0.05) is 12.1 Å². The Kier molecular flexibility index (Phi) is 4.04. The lowest BCUT2D eigenvalue weighted by molar-refractivity contribution is 0.240. The predicted octanol–water partition coefficient (Wildman–Crippen LogP) is 3.92. The summed E-state index contributed by atoms with van der Waals surface area (Å²) in [7, 11) is 1.79. The molecule has 0 spiro atoms. The van der Waals surface area contributed by atoms with E-state index in [0.717, 1.165) is 18.8 Å². The van der Waals surface area contributed by atoms with Gasteiger partial charge in [0.1, 0.15) is 5.75 Å². The van der Waals surface area contributed by atoms with Crippen LogP contribution in [-0.4, -0.2) is 23.5 Å². The summed E-state index contributed by atoms with van der Waals surface area (Å²) in [5.74, 6) is 1.05. The number of benzene rings is 1. The fourth-order valence-corrected chi connectivity index (χ4v) is 4.11. The average Bonchev–Trinajstić information content (AvgIpc) is 3.23. The maximum atomic E-state index is 5.68. The van der Waals surface area contributed by atoms with Crippen molar-refractivity contribution in [2.45, 2.75) is 44.7 Å². The summed E-state index contributed by atoms with van der Waals surface area (Å²) < 4.78 is 5.68. The van der Waals surface area contributed by atoms with E-state index in [2.05, 4.69) is 34.1 Å². The van der Waals surface area contributed by atoms with Crippen molar-refractivity contribution in [1.29, 1.82) is 0 Å². The number of ether oxygens (including phenoxy) is 1. The van der Waals surface area contributed by atoms with Crippen LogP contribution in [0, 0.1) is 0 Å². The molecule has 1 unspecified atom stereocenters. The van der Waals surface area contributed by atoms with E-state index < -0.39 is 0 Å². The SMILES string of the molecule is COc1cc2c(cc1CN1CCCC1c1ccccn1)CCC2. The smallest absolute Gasteiger partial charge is 0.123 e. The third-order valence-corrected chi connectivity index (χ3v) is 5.26. The highest BCUT2D eigenvalue weighted by atomic mass is 16.5. The van der Waals surface area contributed by atoms with Gasteiger partial charge < -0.3 is 4.74 Å². The van der Waals surface area contributed by atoms with Gasteiger partial charge >= 0.3 is 0 Å². The Morgan fingerprint density at radius 1 is 1.17 bits per heavy atom. The molecule has 1 fully saturated rings. The van der Waals surface area contributed by atoms with Crippen LogP contribution in [0.25, 0.3) is 0 Å². The van der Waals surface area contributed by atoms with Crippen LogP contribution in [-0.2, 0) is 19.4 Å². The summed E-state index contributed by atoms with van der Waals surface area (Å²) >= 11 is 0. The quantitative estimate of drug-likeness (QED) is 0.856.